The number of amides is 1. The molecular formula is C15H19N3O2. The molecule has 20 heavy (non-hydrogen) atoms. The number of aromatic amines is 1. The van der Waals surface area contributed by atoms with Crippen LogP contribution in [0.2, 0.25) is 0 Å². The predicted molar refractivity (Wildman–Crippen MR) is 77.3 cm³/mol. The largest absolute Gasteiger partial charge is 0.385 e. The fourth-order valence-corrected chi connectivity index (χ4v) is 2.13. The Morgan fingerprint density at radius 1 is 1.35 bits per heavy atom. The lowest BCUT2D eigenvalue weighted by molar-refractivity contribution is -0.120. The number of aryl methyl sites for hydroxylation is 2. The topological polar surface area (TPSA) is 78.0 Å². The Kier molecular flexibility index (Phi) is 3.90. The molecule has 0 radical (unpaired) electrons. The van der Waals surface area contributed by atoms with Crippen LogP contribution in [0, 0.1) is 13.8 Å². The van der Waals surface area contributed by atoms with E-state index in [-0.39, 0.29) is 12.3 Å². The van der Waals surface area contributed by atoms with Crippen LogP contribution in [0.25, 0.3) is 0 Å². The molecule has 5 heteroatoms. The van der Waals surface area contributed by atoms with Gasteiger partial charge in [0.05, 0.1) is 29.1 Å². The third-order valence-electron chi connectivity index (χ3n) is 3.29. The van der Waals surface area contributed by atoms with Gasteiger partial charge in [-0.2, -0.15) is 5.10 Å². The zero-order chi connectivity index (χ0) is 14.8. The molecule has 5 nitrogen and oxygen atoms in total. The van der Waals surface area contributed by atoms with Crippen LogP contribution < -0.4 is 5.32 Å². The van der Waals surface area contributed by atoms with Crippen LogP contribution in [0.4, 0.5) is 5.69 Å². The number of carbonyl (C=O) groups is 1. The average Bonchev–Trinajstić information content (AvgIpc) is 2.71. The second-order valence-corrected chi connectivity index (χ2v) is 5.17. The highest BCUT2D eigenvalue weighted by Crippen LogP contribution is 2.25. The fourth-order valence-electron chi connectivity index (χ4n) is 2.13. The monoisotopic (exact) mass is 273 g/mol. The molecule has 0 aliphatic carbocycles. The summed E-state index contributed by atoms with van der Waals surface area (Å²) in [5, 5.41) is 20.1. The smallest absolute Gasteiger partial charge is 0.227 e. The second kappa shape index (κ2) is 5.46. The maximum atomic E-state index is 12.1. The normalized spacial score (nSPS) is 13.8. The molecule has 1 aromatic heterocycles. The molecule has 1 aromatic carbocycles. The van der Waals surface area contributed by atoms with Crippen LogP contribution in [0.5, 0.6) is 0 Å². The van der Waals surface area contributed by atoms with Crippen LogP contribution in [-0.4, -0.2) is 21.2 Å². The van der Waals surface area contributed by atoms with Crippen molar-refractivity contribution in [3.63, 3.8) is 0 Å². The van der Waals surface area contributed by atoms with Crippen molar-refractivity contribution in [2.75, 3.05) is 5.32 Å². The molecule has 1 amide bonds. The molecule has 0 fully saturated rings. The highest BCUT2D eigenvalue weighted by molar-refractivity contribution is 5.92. The summed E-state index contributed by atoms with van der Waals surface area (Å²) in [5.74, 6) is -0.244. The first-order valence-corrected chi connectivity index (χ1v) is 6.49. The van der Waals surface area contributed by atoms with Gasteiger partial charge in [0.25, 0.3) is 0 Å². The van der Waals surface area contributed by atoms with Crippen molar-refractivity contribution in [2.24, 2.45) is 0 Å². The highest BCUT2D eigenvalue weighted by Gasteiger charge is 2.27. The zero-order valence-electron chi connectivity index (χ0n) is 11.9. The van der Waals surface area contributed by atoms with Crippen molar-refractivity contribution in [3.8, 4) is 0 Å². The first-order chi connectivity index (χ1) is 9.40. The van der Waals surface area contributed by atoms with Crippen molar-refractivity contribution in [2.45, 2.75) is 32.8 Å². The van der Waals surface area contributed by atoms with E-state index in [9.17, 15) is 9.90 Å². The van der Waals surface area contributed by atoms with E-state index in [1.165, 1.54) is 0 Å². The van der Waals surface area contributed by atoms with Crippen molar-refractivity contribution in [1.29, 1.82) is 0 Å². The Morgan fingerprint density at radius 2 is 2.00 bits per heavy atom. The first kappa shape index (κ1) is 14.3. The van der Waals surface area contributed by atoms with Gasteiger partial charge in [-0.25, -0.2) is 0 Å². The minimum absolute atomic E-state index is 0.0128. The van der Waals surface area contributed by atoms with Crippen LogP contribution in [-0.2, 0) is 10.4 Å². The van der Waals surface area contributed by atoms with Crippen LogP contribution >= 0.6 is 0 Å². The van der Waals surface area contributed by atoms with E-state index in [0.29, 0.717) is 5.69 Å². The number of benzene rings is 1. The highest BCUT2D eigenvalue weighted by atomic mass is 16.3. The first-order valence-electron chi connectivity index (χ1n) is 6.49. The molecule has 1 atom stereocenters. The van der Waals surface area contributed by atoms with Crippen molar-refractivity contribution in [1.82, 2.24) is 10.2 Å². The van der Waals surface area contributed by atoms with Crippen molar-refractivity contribution < 1.29 is 9.90 Å². The number of hydrogen-bond acceptors (Lipinski definition) is 3. The molecular weight excluding hydrogens is 254 g/mol. The third-order valence-corrected chi connectivity index (χ3v) is 3.29. The second-order valence-electron chi connectivity index (χ2n) is 5.17. The molecule has 0 aliphatic heterocycles. The summed E-state index contributed by atoms with van der Waals surface area (Å²) < 4.78 is 0. The number of hydrogen-bond donors (Lipinski definition) is 3. The average molecular weight is 273 g/mol. The molecule has 2 rings (SSSR count). The summed E-state index contributed by atoms with van der Waals surface area (Å²) in [6.45, 7) is 5.29. The summed E-state index contributed by atoms with van der Waals surface area (Å²) in [6, 6.07) is 9.17. The Bertz CT molecular complexity index is 583. The number of nitrogens with zero attached hydrogens (tertiary/aromatic N) is 1. The van der Waals surface area contributed by atoms with E-state index in [1.54, 1.807) is 6.92 Å². The lowest BCUT2D eigenvalue weighted by Crippen LogP contribution is -2.28. The lowest BCUT2D eigenvalue weighted by atomic mass is 9.92. The molecule has 106 valence electrons. The van der Waals surface area contributed by atoms with Crippen LogP contribution in [0.3, 0.4) is 0 Å². The summed E-state index contributed by atoms with van der Waals surface area (Å²) >= 11 is 0. The predicted octanol–water partition coefficient (Wildman–Crippen LogP) is 2.26. The molecule has 0 saturated heterocycles. The number of carbonyl (C=O) groups excluding carboxylic acids is 1. The van der Waals surface area contributed by atoms with E-state index in [0.717, 1.165) is 17.0 Å². The van der Waals surface area contributed by atoms with Crippen LogP contribution in [0.1, 0.15) is 30.3 Å². The van der Waals surface area contributed by atoms with E-state index >= 15 is 0 Å². The van der Waals surface area contributed by atoms with E-state index in [1.807, 2.05) is 44.2 Å². The van der Waals surface area contributed by atoms with Gasteiger partial charge in [0.2, 0.25) is 5.91 Å². The third kappa shape index (κ3) is 3.05. The van der Waals surface area contributed by atoms with E-state index in [2.05, 4.69) is 15.5 Å². The van der Waals surface area contributed by atoms with Crippen molar-refractivity contribution in [3.05, 3.63) is 47.3 Å². The number of nitrogens with one attached hydrogen (secondary N) is 2. The van der Waals surface area contributed by atoms with Gasteiger partial charge in [0.15, 0.2) is 0 Å². The summed E-state index contributed by atoms with van der Waals surface area (Å²) in [6.07, 6.45) is -0.0128. The Labute approximate surface area is 118 Å². The van der Waals surface area contributed by atoms with Crippen molar-refractivity contribution >= 4 is 11.6 Å². The van der Waals surface area contributed by atoms with Crippen LogP contribution in [0.15, 0.2) is 30.3 Å². The Morgan fingerprint density at radius 3 is 2.55 bits per heavy atom. The Hall–Kier alpha value is -2.14. The van der Waals surface area contributed by atoms with Gasteiger partial charge < -0.3 is 10.4 Å². The number of anilines is 1. The summed E-state index contributed by atoms with van der Waals surface area (Å²) in [5.41, 5.74) is 1.73. The summed E-state index contributed by atoms with van der Waals surface area (Å²) in [4.78, 5) is 12.1. The quantitative estimate of drug-likeness (QED) is 0.799. The van der Waals surface area contributed by atoms with E-state index < -0.39 is 5.60 Å². The molecule has 0 bridgehead atoms. The lowest BCUT2D eigenvalue weighted by Gasteiger charge is -2.23. The minimum Gasteiger partial charge on any atom is -0.385 e. The number of H-pyrrole nitrogens is 1. The van der Waals surface area contributed by atoms with Gasteiger partial charge in [0, 0.05) is 0 Å². The molecule has 1 unspecified atom stereocenters. The maximum Gasteiger partial charge on any atom is 0.227 e. The number of rotatable bonds is 4. The molecule has 0 saturated carbocycles. The number of aromatic nitrogens is 2. The Balaban J connectivity index is 2.08. The van der Waals surface area contributed by atoms with Gasteiger partial charge in [0.1, 0.15) is 0 Å². The van der Waals surface area contributed by atoms with Gasteiger partial charge in [-0.15, -0.1) is 0 Å². The minimum atomic E-state index is -1.20. The van der Waals surface area contributed by atoms with E-state index in [4.69, 9.17) is 0 Å². The van der Waals surface area contributed by atoms with Gasteiger partial charge in [-0.3, -0.25) is 9.89 Å². The zero-order valence-corrected chi connectivity index (χ0v) is 11.9. The molecule has 2 aromatic rings. The van der Waals surface area contributed by atoms with Gasteiger partial charge in [-0.1, -0.05) is 30.3 Å². The fraction of sp³-hybridized carbons (Fsp3) is 0.333. The van der Waals surface area contributed by atoms with Gasteiger partial charge >= 0.3 is 0 Å². The number of aliphatic hydroxyl groups is 1. The summed E-state index contributed by atoms with van der Waals surface area (Å²) in [7, 11) is 0. The molecule has 0 aliphatic rings. The molecule has 0 spiro atoms. The maximum absolute atomic E-state index is 12.1. The SMILES string of the molecule is Cc1n[nH]c(C)c1NC(=O)CC(C)(O)c1ccccc1. The van der Waals surface area contributed by atoms with Gasteiger partial charge in [-0.05, 0) is 26.3 Å². The standard InChI is InChI=1S/C15H19N3O2/c1-10-14(11(2)18-17-10)16-13(19)9-15(3,20)12-7-5-4-6-8-12/h4-8,20H,9H2,1-3H3,(H,16,19)(H,17,18). The molecule has 1 heterocycles. The molecule has 3 N–H and O–H groups in total.